The molecule has 0 saturated carbocycles. The maximum absolute atomic E-state index is 11.9. The number of aryl methyl sites for hydroxylation is 1. The molecule has 1 aromatic heterocycles. The maximum atomic E-state index is 11.9. The quantitative estimate of drug-likeness (QED) is 0.813. The van der Waals surface area contributed by atoms with Gasteiger partial charge in [-0.05, 0) is 37.9 Å². The maximum Gasteiger partial charge on any atom is 0.495 e. The van der Waals surface area contributed by atoms with E-state index in [0.29, 0.717) is 0 Å². The van der Waals surface area contributed by atoms with Crippen molar-refractivity contribution in [2.75, 3.05) is 0 Å². The van der Waals surface area contributed by atoms with E-state index in [1.165, 1.54) is 10.1 Å². The summed E-state index contributed by atoms with van der Waals surface area (Å²) in [6, 6.07) is 13.7. The van der Waals surface area contributed by atoms with Crippen LogP contribution in [0.2, 0.25) is 0 Å². The third-order valence-corrected chi connectivity index (χ3v) is 4.83. The summed E-state index contributed by atoms with van der Waals surface area (Å²) in [5, 5.41) is 0. The molecule has 23 heavy (non-hydrogen) atoms. The molecule has 1 aromatic carbocycles. The van der Waals surface area contributed by atoms with Gasteiger partial charge in [-0.2, -0.15) is 0 Å². The lowest BCUT2D eigenvalue weighted by atomic mass is 9.79. The first kappa shape index (κ1) is 16.0. The lowest BCUT2D eigenvalue weighted by Gasteiger charge is -2.36. The van der Waals surface area contributed by atoms with Crippen molar-refractivity contribution in [3.63, 3.8) is 0 Å². The first-order valence-corrected chi connectivity index (χ1v) is 7.87. The highest BCUT2D eigenvalue weighted by Crippen LogP contribution is 2.39. The molecule has 1 aliphatic rings. The molecule has 1 atom stereocenters. The van der Waals surface area contributed by atoms with Crippen LogP contribution in [0.1, 0.15) is 26.3 Å². The predicted octanol–water partition coefficient (Wildman–Crippen LogP) is 1.91. The van der Waals surface area contributed by atoms with Gasteiger partial charge in [0.2, 0.25) is 5.56 Å². The van der Waals surface area contributed by atoms with Crippen molar-refractivity contribution in [3.8, 4) is 0 Å². The van der Waals surface area contributed by atoms with Crippen molar-refractivity contribution in [2.24, 2.45) is 7.05 Å². The minimum atomic E-state index is -0.521. The molecule has 0 radical (unpaired) electrons. The first-order valence-electron chi connectivity index (χ1n) is 7.87. The fourth-order valence-electron chi connectivity index (χ4n) is 2.88. The zero-order chi connectivity index (χ0) is 16.7. The molecule has 1 saturated heterocycles. The summed E-state index contributed by atoms with van der Waals surface area (Å²) in [4.78, 5) is 11.9. The monoisotopic (exact) mass is 311 g/mol. The van der Waals surface area contributed by atoms with Crippen LogP contribution in [-0.2, 0) is 22.8 Å². The fourth-order valence-corrected chi connectivity index (χ4v) is 2.88. The Bertz CT molecular complexity index is 756. The van der Waals surface area contributed by atoms with Gasteiger partial charge in [-0.25, -0.2) is 0 Å². The summed E-state index contributed by atoms with van der Waals surface area (Å²) in [5.41, 5.74) is 0.965. The Hall–Kier alpha value is -1.85. The van der Waals surface area contributed by atoms with Crippen molar-refractivity contribution < 1.29 is 9.31 Å². The SMILES string of the molecule is Cn1ccc(B2OC(C)(C)C(C)(Cc3ccccc3)O2)cc1=O. The molecule has 0 bridgehead atoms. The van der Waals surface area contributed by atoms with Gasteiger partial charge in [0, 0.05) is 25.7 Å². The number of aromatic nitrogens is 1. The van der Waals surface area contributed by atoms with Gasteiger partial charge in [-0.3, -0.25) is 4.79 Å². The second kappa shape index (κ2) is 5.66. The molecule has 4 nitrogen and oxygen atoms in total. The van der Waals surface area contributed by atoms with Crippen LogP contribution in [0.25, 0.3) is 0 Å². The standard InChI is InChI=1S/C18H22BNO3/c1-17(2)18(3,13-14-8-6-5-7-9-14)23-19(22-17)15-10-11-20(4)16(21)12-15/h5-12H,13H2,1-4H3. The van der Waals surface area contributed by atoms with Crippen LogP contribution in [0.3, 0.4) is 0 Å². The highest BCUT2D eigenvalue weighted by molar-refractivity contribution is 6.62. The van der Waals surface area contributed by atoms with Crippen molar-refractivity contribution in [2.45, 2.75) is 38.4 Å². The zero-order valence-electron chi connectivity index (χ0n) is 14.1. The minimum Gasteiger partial charge on any atom is -0.399 e. The van der Waals surface area contributed by atoms with E-state index in [4.69, 9.17) is 9.31 Å². The molecule has 1 aliphatic heterocycles. The van der Waals surface area contributed by atoms with Crippen LogP contribution in [0.5, 0.6) is 0 Å². The second-order valence-corrected chi connectivity index (χ2v) is 6.88. The third-order valence-electron chi connectivity index (χ3n) is 4.83. The largest absolute Gasteiger partial charge is 0.495 e. The van der Waals surface area contributed by atoms with Gasteiger partial charge in [0.15, 0.2) is 0 Å². The highest BCUT2D eigenvalue weighted by atomic mass is 16.7. The van der Waals surface area contributed by atoms with Gasteiger partial charge in [0.05, 0.1) is 11.2 Å². The molecule has 2 heterocycles. The van der Waals surface area contributed by atoms with Gasteiger partial charge in [-0.15, -0.1) is 0 Å². The Balaban J connectivity index is 1.88. The minimum absolute atomic E-state index is 0.0656. The highest BCUT2D eigenvalue weighted by Gasteiger charge is 2.54. The van der Waals surface area contributed by atoms with Gasteiger partial charge in [0.1, 0.15) is 0 Å². The summed E-state index contributed by atoms with van der Waals surface area (Å²) < 4.78 is 14.0. The molecule has 120 valence electrons. The molecular weight excluding hydrogens is 289 g/mol. The van der Waals surface area contributed by atoms with Crippen LogP contribution in [0.15, 0.2) is 53.5 Å². The number of hydrogen-bond acceptors (Lipinski definition) is 3. The average Bonchev–Trinajstić information content (AvgIpc) is 2.73. The van der Waals surface area contributed by atoms with E-state index in [1.54, 1.807) is 19.3 Å². The van der Waals surface area contributed by atoms with Gasteiger partial charge in [0.25, 0.3) is 0 Å². The van der Waals surface area contributed by atoms with Gasteiger partial charge < -0.3 is 13.9 Å². The number of pyridine rings is 1. The molecule has 0 N–H and O–H groups in total. The zero-order valence-corrected chi connectivity index (χ0v) is 14.1. The van der Waals surface area contributed by atoms with E-state index >= 15 is 0 Å². The van der Waals surface area contributed by atoms with E-state index in [0.717, 1.165) is 11.9 Å². The fraction of sp³-hybridized carbons (Fsp3) is 0.389. The summed E-state index contributed by atoms with van der Waals surface area (Å²) in [6.07, 6.45) is 2.49. The molecule has 0 spiro atoms. The van der Waals surface area contributed by atoms with Gasteiger partial charge in [-0.1, -0.05) is 30.3 Å². The smallest absolute Gasteiger partial charge is 0.399 e. The van der Waals surface area contributed by atoms with E-state index in [-0.39, 0.29) is 5.56 Å². The Morgan fingerprint density at radius 3 is 2.43 bits per heavy atom. The van der Waals surface area contributed by atoms with Crippen molar-refractivity contribution in [3.05, 3.63) is 64.6 Å². The van der Waals surface area contributed by atoms with Crippen LogP contribution in [0, 0.1) is 0 Å². The Morgan fingerprint density at radius 1 is 1.09 bits per heavy atom. The molecule has 1 fully saturated rings. The predicted molar refractivity (Wildman–Crippen MR) is 91.9 cm³/mol. The molecule has 0 aliphatic carbocycles. The van der Waals surface area contributed by atoms with Crippen LogP contribution < -0.4 is 11.0 Å². The number of hydrogen-bond donors (Lipinski definition) is 0. The van der Waals surface area contributed by atoms with Crippen LogP contribution >= 0.6 is 0 Å². The molecular formula is C18H22BNO3. The summed E-state index contributed by atoms with van der Waals surface area (Å²) in [6.45, 7) is 6.15. The number of rotatable bonds is 3. The lowest BCUT2D eigenvalue weighted by molar-refractivity contribution is -0.00877. The Morgan fingerprint density at radius 2 is 1.78 bits per heavy atom. The summed E-state index contributed by atoms with van der Waals surface area (Å²) >= 11 is 0. The van der Waals surface area contributed by atoms with Crippen LogP contribution in [0.4, 0.5) is 0 Å². The summed E-state index contributed by atoms with van der Waals surface area (Å²) in [5.74, 6) is 0. The van der Waals surface area contributed by atoms with E-state index in [9.17, 15) is 4.79 Å². The normalized spacial score (nSPS) is 23.2. The van der Waals surface area contributed by atoms with Crippen LogP contribution in [-0.4, -0.2) is 22.9 Å². The molecule has 1 unspecified atom stereocenters. The second-order valence-electron chi connectivity index (χ2n) is 6.88. The van der Waals surface area contributed by atoms with Crippen molar-refractivity contribution >= 4 is 12.6 Å². The van der Waals surface area contributed by atoms with Crippen molar-refractivity contribution in [1.82, 2.24) is 4.57 Å². The van der Waals surface area contributed by atoms with E-state index < -0.39 is 18.3 Å². The topological polar surface area (TPSA) is 40.5 Å². The number of benzene rings is 1. The van der Waals surface area contributed by atoms with Crippen molar-refractivity contribution in [1.29, 1.82) is 0 Å². The molecule has 3 rings (SSSR count). The Kier molecular flexibility index (Phi) is 3.94. The van der Waals surface area contributed by atoms with E-state index in [1.807, 2.05) is 38.1 Å². The van der Waals surface area contributed by atoms with E-state index in [2.05, 4.69) is 19.1 Å². The third kappa shape index (κ3) is 2.99. The number of nitrogens with zero attached hydrogens (tertiary/aromatic N) is 1. The lowest BCUT2D eigenvalue weighted by Crippen LogP contribution is -2.46. The summed E-state index contributed by atoms with van der Waals surface area (Å²) in [7, 11) is 1.21. The molecule has 5 heteroatoms. The average molecular weight is 311 g/mol. The first-order chi connectivity index (χ1) is 10.8. The Labute approximate surface area is 137 Å². The van der Waals surface area contributed by atoms with Gasteiger partial charge >= 0.3 is 7.12 Å². The molecule has 0 amide bonds. The molecule has 2 aromatic rings.